The van der Waals surface area contributed by atoms with Crippen LogP contribution in [0.3, 0.4) is 0 Å². The molecule has 0 radical (unpaired) electrons. The minimum atomic E-state index is -4.75. The van der Waals surface area contributed by atoms with E-state index in [0.29, 0.717) is 24.7 Å². The van der Waals surface area contributed by atoms with Crippen molar-refractivity contribution in [3.63, 3.8) is 0 Å². The van der Waals surface area contributed by atoms with Crippen molar-refractivity contribution in [2.24, 2.45) is 0 Å². The number of benzene rings is 2. The molecule has 0 amide bonds. The van der Waals surface area contributed by atoms with Gasteiger partial charge in [-0.2, -0.15) is 13.0 Å². The van der Waals surface area contributed by atoms with Crippen molar-refractivity contribution in [2.75, 3.05) is 11.4 Å². The molecule has 0 bridgehead atoms. The lowest BCUT2D eigenvalue weighted by molar-refractivity contribution is -0.665. The third-order valence-electron chi connectivity index (χ3n) is 5.00. The van der Waals surface area contributed by atoms with Gasteiger partial charge in [-0.15, -0.1) is 4.33 Å². The first-order chi connectivity index (χ1) is 15.3. The fraction of sp³-hybridized carbons (Fsp3) is 0.111. The maximum atomic E-state index is 11.7. The van der Waals surface area contributed by atoms with Crippen molar-refractivity contribution in [1.82, 2.24) is 0 Å². The maximum absolute atomic E-state index is 11.7. The Labute approximate surface area is 188 Å². The zero-order chi connectivity index (χ0) is 22.6. The Bertz CT molecular complexity index is 1410. The molecular formula is C18H13N2O9S3+. The SMILES string of the molecule is O=C(O)c1cc2c(cc1S(=O)(=O)O)OC1=Cc3sc4cc(SOOO)ccc4[n+]3CCN12. The lowest BCUT2D eigenvalue weighted by Crippen LogP contribution is -2.39. The topological polar surface area (TPSA) is 147 Å². The van der Waals surface area contributed by atoms with Gasteiger partial charge in [0.05, 0.1) is 35.9 Å². The summed E-state index contributed by atoms with van der Waals surface area (Å²) in [6, 6.07) is 7.81. The number of fused-ring (bicyclic) bond motifs is 6. The normalized spacial score (nSPS) is 14.9. The number of carbonyl (C=O) groups is 1. The average Bonchev–Trinajstić information content (AvgIpc) is 3.19. The molecule has 11 nitrogen and oxygen atoms in total. The van der Waals surface area contributed by atoms with Gasteiger partial charge in [-0.3, -0.25) is 4.55 Å². The van der Waals surface area contributed by atoms with Gasteiger partial charge in [-0.25, -0.2) is 10.1 Å². The number of aromatic carboxylic acids is 1. The van der Waals surface area contributed by atoms with Gasteiger partial charge in [0.25, 0.3) is 15.1 Å². The van der Waals surface area contributed by atoms with E-state index in [9.17, 15) is 22.9 Å². The highest BCUT2D eigenvalue weighted by atomic mass is 32.2. The molecule has 3 N–H and O–H groups in total. The molecule has 32 heavy (non-hydrogen) atoms. The van der Waals surface area contributed by atoms with E-state index in [4.69, 9.17) is 9.99 Å². The second kappa shape index (κ2) is 7.70. The monoisotopic (exact) mass is 497 g/mol. The van der Waals surface area contributed by atoms with Gasteiger partial charge < -0.3 is 14.7 Å². The summed E-state index contributed by atoms with van der Waals surface area (Å²) in [7, 11) is -4.75. The van der Waals surface area contributed by atoms with Crippen LogP contribution in [0.25, 0.3) is 16.3 Å². The van der Waals surface area contributed by atoms with Crippen LogP contribution in [-0.2, 0) is 26.0 Å². The summed E-state index contributed by atoms with van der Waals surface area (Å²) in [5.74, 6) is -0.923. The number of carboxylic acid groups (broad SMARTS) is 1. The smallest absolute Gasteiger partial charge is 0.337 e. The van der Waals surface area contributed by atoms with E-state index in [0.717, 1.165) is 38.2 Å². The van der Waals surface area contributed by atoms with Crippen LogP contribution in [-0.4, -0.2) is 35.8 Å². The second-order valence-corrected chi connectivity index (χ2v) is 10.0. The van der Waals surface area contributed by atoms with E-state index < -0.39 is 26.5 Å². The van der Waals surface area contributed by atoms with E-state index in [1.807, 2.05) is 18.2 Å². The number of ether oxygens (including phenoxy) is 1. The fourth-order valence-electron chi connectivity index (χ4n) is 3.68. The predicted molar refractivity (Wildman–Crippen MR) is 112 cm³/mol. The molecule has 3 heterocycles. The van der Waals surface area contributed by atoms with Crippen molar-refractivity contribution in [1.29, 1.82) is 0 Å². The molecule has 0 aliphatic carbocycles. The number of carboxylic acids is 1. The maximum Gasteiger partial charge on any atom is 0.337 e. The molecule has 5 rings (SSSR count). The number of hydrogen-bond donors (Lipinski definition) is 3. The summed E-state index contributed by atoms with van der Waals surface area (Å²) in [6.07, 6.45) is 1.78. The molecule has 0 spiro atoms. The summed E-state index contributed by atoms with van der Waals surface area (Å²) in [5, 5.41) is 22.2. The van der Waals surface area contributed by atoms with Gasteiger partial charge in [-0.1, -0.05) is 16.4 Å². The van der Waals surface area contributed by atoms with Crippen LogP contribution in [0.5, 0.6) is 5.75 Å². The van der Waals surface area contributed by atoms with Crippen LogP contribution in [0.2, 0.25) is 0 Å². The quantitative estimate of drug-likeness (QED) is 0.157. The summed E-state index contributed by atoms with van der Waals surface area (Å²) in [6.45, 7) is 0.980. The molecule has 0 saturated carbocycles. The van der Waals surface area contributed by atoms with Gasteiger partial charge in [0.15, 0.2) is 12.3 Å². The number of hydrogen-bond acceptors (Lipinski definition) is 10. The predicted octanol–water partition coefficient (Wildman–Crippen LogP) is 2.77. The van der Waals surface area contributed by atoms with Crippen LogP contribution in [0.15, 0.2) is 46.0 Å². The van der Waals surface area contributed by atoms with Gasteiger partial charge in [-0.05, 0) is 18.2 Å². The number of rotatable bonds is 5. The lowest BCUT2D eigenvalue weighted by atomic mass is 10.1. The van der Waals surface area contributed by atoms with E-state index in [-0.39, 0.29) is 5.75 Å². The number of anilines is 1. The highest BCUT2D eigenvalue weighted by molar-refractivity contribution is 7.94. The van der Waals surface area contributed by atoms with Crippen molar-refractivity contribution in [2.45, 2.75) is 16.3 Å². The fourth-order valence-corrected chi connectivity index (χ4v) is 5.99. The molecule has 0 saturated heterocycles. The Balaban J connectivity index is 1.57. The molecule has 0 atom stereocenters. The van der Waals surface area contributed by atoms with Crippen LogP contribution < -0.4 is 14.2 Å². The first kappa shape index (κ1) is 21.1. The summed E-state index contributed by atoms with van der Waals surface area (Å²) in [5.41, 5.74) is 0.832. The molecule has 2 aliphatic heterocycles. The van der Waals surface area contributed by atoms with Gasteiger partial charge in [0, 0.05) is 17.0 Å². The molecule has 14 heteroatoms. The second-order valence-electron chi connectivity index (χ2n) is 6.78. The van der Waals surface area contributed by atoms with Crippen molar-refractivity contribution < 1.29 is 46.8 Å². The number of thiazole rings is 1. The molecule has 166 valence electrons. The Morgan fingerprint density at radius 2 is 2.09 bits per heavy atom. The molecule has 2 aliphatic rings. The summed E-state index contributed by atoms with van der Waals surface area (Å²) in [4.78, 5) is 13.4. The third kappa shape index (κ3) is 3.51. The molecule has 3 aromatic rings. The van der Waals surface area contributed by atoms with Crippen LogP contribution >= 0.6 is 23.4 Å². The van der Waals surface area contributed by atoms with Crippen molar-refractivity contribution >= 4 is 61.4 Å². The van der Waals surface area contributed by atoms with Crippen LogP contribution in [0.4, 0.5) is 5.69 Å². The van der Waals surface area contributed by atoms with Crippen LogP contribution in [0.1, 0.15) is 15.4 Å². The minimum Gasteiger partial charge on any atom is -0.478 e. The summed E-state index contributed by atoms with van der Waals surface area (Å²) >= 11 is 2.34. The van der Waals surface area contributed by atoms with Crippen molar-refractivity contribution in [3.05, 3.63) is 46.8 Å². The Hall–Kier alpha value is -2.72. The van der Waals surface area contributed by atoms with Gasteiger partial charge in [0.1, 0.15) is 9.60 Å². The van der Waals surface area contributed by atoms with E-state index in [1.165, 1.54) is 17.4 Å². The third-order valence-corrected chi connectivity index (χ3v) is 7.56. The zero-order valence-electron chi connectivity index (χ0n) is 15.8. The first-order valence-electron chi connectivity index (χ1n) is 8.93. The van der Waals surface area contributed by atoms with Gasteiger partial charge >= 0.3 is 5.97 Å². The Morgan fingerprint density at radius 3 is 2.81 bits per heavy atom. The summed E-state index contributed by atoms with van der Waals surface area (Å²) < 4.78 is 46.1. The van der Waals surface area contributed by atoms with Gasteiger partial charge in [0.2, 0.25) is 11.4 Å². The standard InChI is InChI=1S/C18H12N2O9S3/c21-18(22)10-6-12-13(7-15(10)32(24,25)26)27-16-8-17-20(4-3-19(12)16)11-2-1-9(31-29-28-23)5-14(11)30-17/h1-2,5-8H,3-4H2,(H2-,21,22,23,24,25,26)/p+1. The number of aromatic nitrogens is 1. The Kier molecular flexibility index (Phi) is 5.09. The first-order valence-corrected chi connectivity index (χ1v) is 11.9. The van der Waals surface area contributed by atoms with Crippen molar-refractivity contribution in [3.8, 4) is 5.75 Å². The average molecular weight is 498 g/mol. The Morgan fingerprint density at radius 1 is 1.28 bits per heavy atom. The van der Waals surface area contributed by atoms with E-state index >= 15 is 0 Å². The largest absolute Gasteiger partial charge is 0.478 e. The van der Waals surface area contributed by atoms with Crippen LogP contribution in [0, 0.1) is 0 Å². The van der Waals surface area contributed by atoms with E-state index in [2.05, 4.69) is 13.9 Å². The molecule has 2 aromatic carbocycles. The molecule has 0 fully saturated rings. The lowest BCUT2D eigenvalue weighted by Gasteiger charge is -2.15. The minimum absolute atomic E-state index is 0.142. The highest BCUT2D eigenvalue weighted by Gasteiger charge is 2.36. The van der Waals surface area contributed by atoms with E-state index in [1.54, 1.807) is 11.0 Å². The molecular weight excluding hydrogens is 484 g/mol. The highest BCUT2D eigenvalue weighted by Crippen LogP contribution is 2.43. The number of nitrogens with zero attached hydrogens (tertiary/aromatic N) is 2. The molecule has 0 unspecified atom stereocenters. The zero-order valence-corrected chi connectivity index (χ0v) is 18.2. The molecule has 1 aromatic heterocycles.